The third kappa shape index (κ3) is 7.84. The van der Waals surface area contributed by atoms with Crippen LogP contribution in [0.3, 0.4) is 0 Å². The predicted molar refractivity (Wildman–Crippen MR) is 172 cm³/mol. The predicted octanol–water partition coefficient (Wildman–Crippen LogP) is 5.73. The lowest BCUT2D eigenvalue weighted by atomic mass is 10.1. The number of ether oxygens (including phenoxy) is 2. The second kappa shape index (κ2) is 14.8. The van der Waals surface area contributed by atoms with Crippen LogP contribution in [0.1, 0.15) is 50.2 Å². The van der Waals surface area contributed by atoms with Crippen LogP contribution in [0, 0.1) is 6.92 Å². The number of carbonyl (C=O) groups is 2. The summed E-state index contributed by atoms with van der Waals surface area (Å²) in [6.45, 7) is 3.42. The Hall–Kier alpha value is -3.76. The van der Waals surface area contributed by atoms with E-state index < -0.39 is 28.5 Å². The summed E-state index contributed by atoms with van der Waals surface area (Å²) in [7, 11) is -1.42. The minimum absolute atomic E-state index is 0.0730. The Morgan fingerprint density at radius 1 is 0.955 bits per heavy atom. The van der Waals surface area contributed by atoms with E-state index in [0.717, 1.165) is 41.1 Å². The van der Waals surface area contributed by atoms with Crippen molar-refractivity contribution in [2.75, 3.05) is 25.1 Å². The Balaban J connectivity index is 1.73. The maximum absolute atomic E-state index is 14.3. The van der Waals surface area contributed by atoms with Gasteiger partial charge < -0.3 is 19.7 Å². The molecule has 0 radical (unpaired) electrons. The fourth-order valence-corrected chi connectivity index (χ4v) is 6.97. The normalized spacial score (nSPS) is 14.1. The number of aryl methyl sites for hydroxylation is 1. The van der Waals surface area contributed by atoms with Gasteiger partial charge in [-0.2, -0.15) is 0 Å². The monoisotopic (exact) mass is 641 g/mol. The average Bonchev–Trinajstić information content (AvgIpc) is 3.53. The van der Waals surface area contributed by atoms with E-state index >= 15 is 0 Å². The maximum Gasteiger partial charge on any atom is 0.264 e. The summed E-state index contributed by atoms with van der Waals surface area (Å²) in [4.78, 5) is 29.3. The SMILES string of the molecule is CC[C@@H](C(=O)NC1CCCC1)N(Cc1ccc(C)cc1)C(=O)CN(c1ccc(Cl)cc1)S(=O)(=O)c1ccc(OC)c(OC)c1. The second-order valence-electron chi connectivity index (χ2n) is 10.9. The fourth-order valence-electron chi connectivity index (χ4n) is 5.42. The molecule has 9 nitrogen and oxygen atoms in total. The van der Waals surface area contributed by atoms with Crippen molar-refractivity contribution in [3.8, 4) is 11.5 Å². The van der Waals surface area contributed by atoms with Crippen LogP contribution in [-0.4, -0.2) is 58.0 Å². The zero-order valence-corrected chi connectivity index (χ0v) is 27.2. The first kappa shape index (κ1) is 33.1. The van der Waals surface area contributed by atoms with E-state index in [1.807, 2.05) is 38.1 Å². The molecule has 1 aliphatic rings. The van der Waals surface area contributed by atoms with Crippen LogP contribution in [0.5, 0.6) is 11.5 Å². The first-order valence-corrected chi connectivity index (χ1v) is 16.5. The second-order valence-corrected chi connectivity index (χ2v) is 13.2. The molecule has 3 aromatic rings. The zero-order chi connectivity index (χ0) is 31.9. The molecule has 11 heteroatoms. The molecule has 0 heterocycles. The molecule has 3 aromatic carbocycles. The number of nitrogens with one attached hydrogen (secondary N) is 1. The van der Waals surface area contributed by atoms with Crippen molar-refractivity contribution in [3.63, 3.8) is 0 Å². The average molecular weight is 642 g/mol. The van der Waals surface area contributed by atoms with Crippen molar-refractivity contribution < 1.29 is 27.5 Å². The molecule has 0 spiro atoms. The van der Waals surface area contributed by atoms with Crippen LogP contribution >= 0.6 is 11.6 Å². The Bertz CT molecular complexity index is 1540. The minimum atomic E-state index is -4.30. The van der Waals surface area contributed by atoms with Crippen LogP contribution in [0.4, 0.5) is 5.69 Å². The van der Waals surface area contributed by atoms with E-state index in [4.69, 9.17) is 21.1 Å². The molecule has 0 aliphatic heterocycles. The summed E-state index contributed by atoms with van der Waals surface area (Å²) in [5, 5.41) is 3.54. The van der Waals surface area contributed by atoms with Gasteiger partial charge in [0.05, 0.1) is 24.8 Å². The molecule has 1 atom stereocenters. The molecule has 4 rings (SSSR count). The van der Waals surface area contributed by atoms with Gasteiger partial charge in [-0.05, 0) is 68.1 Å². The molecule has 0 unspecified atom stereocenters. The van der Waals surface area contributed by atoms with Gasteiger partial charge in [0.1, 0.15) is 12.6 Å². The standard InChI is InChI=1S/C33H40ClN3O6S/c1-5-29(33(39)35-26-8-6-7-9-26)36(21-24-12-10-23(2)11-13-24)32(38)22-37(27-16-14-25(34)15-17-27)44(40,41)28-18-19-30(42-3)31(20-28)43-4/h10-20,26,29H,5-9,21-22H2,1-4H3,(H,35,39)/t29-/m0/s1. The summed E-state index contributed by atoms with van der Waals surface area (Å²) in [5.41, 5.74) is 2.14. The number of nitrogens with zero attached hydrogens (tertiary/aromatic N) is 2. The van der Waals surface area contributed by atoms with Crippen molar-refractivity contribution >= 4 is 39.1 Å². The van der Waals surface area contributed by atoms with Crippen LogP contribution in [0.2, 0.25) is 5.02 Å². The summed E-state index contributed by atoms with van der Waals surface area (Å²) < 4.78 is 40.1. The van der Waals surface area contributed by atoms with Crippen LogP contribution < -0.4 is 19.1 Å². The van der Waals surface area contributed by atoms with Crippen molar-refractivity contribution in [3.05, 3.63) is 82.9 Å². The highest BCUT2D eigenvalue weighted by atomic mass is 35.5. The Morgan fingerprint density at radius 2 is 1.59 bits per heavy atom. The van der Waals surface area contributed by atoms with Gasteiger partial charge in [-0.3, -0.25) is 13.9 Å². The number of hydrogen-bond acceptors (Lipinski definition) is 6. The highest BCUT2D eigenvalue weighted by Gasteiger charge is 2.35. The van der Waals surface area contributed by atoms with Gasteiger partial charge in [-0.1, -0.05) is 61.2 Å². The maximum atomic E-state index is 14.3. The molecular weight excluding hydrogens is 602 g/mol. The Morgan fingerprint density at radius 3 is 2.18 bits per heavy atom. The van der Waals surface area contributed by atoms with Crippen molar-refractivity contribution in [1.82, 2.24) is 10.2 Å². The summed E-state index contributed by atoms with van der Waals surface area (Å²) in [6.07, 6.45) is 4.28. The zero-order valence-electron chi connectivity index (χ0n) is 25.6. The van der Waals surface area contributed by atoms with E-state index in [2.05, 4.69) is 5.32 Å². The first-order chi connectivity index (χ1) is 21.1. The van der Waals surface area contributed by atoms with Gasteiger partial charge in [0, 0.05) is 23.7 Å². The number of sulfonamides is 1. The quantitative estimate of drug-likeness (QED) is 0.256. The highest BCUT2D eigenvalue weighted by Crippen LogP contribution is 2.33. The number of halogens is 1. The number of amides is 2. The third-order valence-electron chi connectivity index (χ3n) is 7.90. The fraction of sp³-hybridized carbons (Fsp3) is 0.394. The van der Waals surface area contributed by atoms with E-state index in [1.165, 1.54) is 37.3 Å². The molecule has 0 aromatic heterocycles. The number of methoxy groups -OCH3 is 2. The van der Waals surface area contributed by atoms with Crippen LogP contribution in [0.15, 0.2) is 71.6 Å². The molecular formula is C33H40ClN3O6S. The highest BCUT2D eigenvalue weighted by molar-refractivity contribution is 7.92. The minimum Gasteiger partial charge on any atom is -0.493 e. The Kier molecular flexibility index (Phi) is 11.2. The molecule has 1 fully saturated rings. The van der Waals surface area contributed by atoms with Crippen LogP contribution in [-0.2, 0) is 26.2 Å². The van der Waals surface area contributed by atoms with Gasteiger partial charge in [0.25, 0.3) is 10.0 Å². The van der Waals surface area contributed by atoms with Crippen LogP contribution in [0.25, 0.3) is 0 Å². The largest absolute Gasteiger partial charge is 0.493 e. The van der Waals surface area contributed by atoms with E-state index in [-0.39, 0.29) is 34.8 Å². The molecule has 1 saturated carbocycles. The van der Waals surface area contributed by atoms with Gasteiger partial charge in [0.15, 0.2) is 11.5 Å². The van der Waals surface area contributed by atoms with Gasteiger partial charge in [-0.15, -0.1) is 0 Å². The molecule has 1 aliphatic carbocycles. The topological polar surface area (TPSA) is 105 Å². The summed E-state index contributed by atoms with van der Waals surface area (Å²) >= 11 is 6.13. The molecule has 0 saturated heterocycles. The lowest BCUT2D eigenvalue weighted by molar-refractivity contribution is -0.140. The third-order valence-corrected chi connectivity index (χ3v) is 9.92. The van der Waals surface area contributed by atoms with Crippen molar-refractivity contribution in [2.45, 2.75) is 69.5 Å². The van der Waals surface area contributed by atoms with Gasteiger partial charge in [0.2, 0.25) is 11.8 Å². The number of benzene rings is 3. The number of rotatable bonds is 13. The van der Waals surface area contributed by atoms with E-state index in [0.29, 0.717) is 17.2 Å². The summed E-state index contributed by atoms with van der Waals surface area (Å²) in [5.74, 6) is -0.158. The Labute approximate surface area is 265 Å². The lowest BCUT2D eigenvalue weighted by Crippen LogP contribution is -2.53. The lowest BCUT2D eigenvalue weighted by Gasteiger charge is -2.34. The van der Waals surface area contributed by atoms with Gasteiger partial charge >= 0.3 is 0 Å². The van der Waals surface area contributed by atoms with E-state index in [9.17, 15) is 18.0 Å². The van der Waals surface area contributed by atoms with Gasteiger partial charge in [-0.25, -0.2) is 8.42 Å². The number of anilines is 1. The first-order valence-electron chi connectivity index (χ1n) is 14.7. The number of carbonyl (C=O) groups excluding carboxylic acids is 2. The smallest absolute Gasteiger partial charge is 0.264 e. The molecule has 0 bridgehead atoms. The molecule has 236 valence electrons. The number of hydrogen-bond donors (Lipinski definition) is 1. The van der Waals surface area contributed by atoms with Crippen molar-refractivity contribution in [1.29, 1.82) is 0 Å². The van der Waals surface area contributed by atoms with E-state index in [1.54, 1.807) is 24.3 Å². The summed E-state index contributed by atoms with van der Waals surface area (Å²) in [6, 6.07) is 17.5. The molecule has 1 N–H and O–H groups in total. The van der Waals surface area contributed by atoms with Crippen molar-refractivity contribution in [2.24, 2.45) is 0 Å². The molecule has 44 heavy (non-hydrogen) atoms. The molecule has 2 amide bonds.